The van der Waals surface area contributed by atoms with Crippen molar-refractivity contribution >= 4 is 29.3 Å². The third-order valence-corrected chi connectivity index (χ3v) is 3.78. The van der Waals surface area contributed by atoms with Crippen molar-refractivity contribution in [3.05, 3.63) is 59.7 Å². The highest BCUT2D eigenvalue weighted by atomic mass is 16.5. The second-order valence-electron chi connectivity index (χ2n) is 5.87. The lowest BCUT2D eigenvalue weighted by Crippen LogP contribution is -2.47. The molecule has 8 nitrogen and oxygen atoms in total. The Morgan fingerprint density at radius 2 is 1.71 bits per heavy atom. The second kappa shape index (κ2) is 9.73. The lowest BCUT2D eigenvalue weighted by Gasteiger charge is -2.23. The number of nitriles is 1. The number of urea groups is 1. The largest absolute Gasteiger partial charge is 0.469 e. The molecule has 2 aromatic rings. The van der Waals surface area contributed by atoms with Gasteiger partial charge in [0.2, 0.25) is 5.91 Å². The summed E-state index contributed by atoms with van der Waals surface area (Å²) in [7, 11) is 1.34. The minimum atomic E-state index is -0.567. The van der Waals surface area contributed by atoms with E-state index in [1.807, 2.05) is 6.07 Å². The Labute approximate surface area is 162 Å². The van der Waals surface area contributed by atoms with E-state index in [1.54, 1.807) is 48.5 Å². The number of esters is 1. The van der Waals surface area contributed by atoms with E-state index in [9.17, 15) is 14.4 Å². The first-order valence-corrected chi connectivity index (χ1v) is 8.47. The van der Waals surface area contributed by atoms with Crippen LogP contribution in [0.15, 0.2) is 48.5 Å². The number of carbonyl (C=O) groups excluding carboxylic acids is 3. The summed E-state index contributed by atoms with van der Waals surface area (Å²) in [5.74, 6) is -0.705. The van der Waals surface area contributed by atoms with Crippen LogP contribution in [-0.4, -0.2) is 25.0 Å². The number of hydrazine groups is 1. The van der Waals surface area contributed by atoms with Crippen molar-refractivity contribution in [2.24, 2.45) is 0 Å². The minimum absolute atomic E-state index is 0.275. The van der Waals surface area contributed by atoms with E-state index in [0.717, 1.165) is 10.6 Å². The molecule has 2 rings (SSSR count). The van der Waals surface area contributed by atoms with Crippen molar-refractivity contribution in [2.45, 2.75) is 19.8 Å². The number of nitrogens with one attached hydrogen (secondary N) is 2. The van der Waals surface area contributed by atoms with E-state index in [1.165, 1.54) is 14.0 Å². The van der Waals surface area contributed by atoms with Gasteiger partial charge in [-0.3, -0.25) is 15.0 Å². The number of rotatable bonds is 5. The number of hydrogen-bond donors (Lipinski definition) is 2. The number of ether oxygens (including phenoxy) is 1. The van der Waals surface area contributed by atoms with Crippen molar-refractivity contribution in [3.63, 3.8) is 0 Å². The number of hydrogen-bond acceptors (Lipinski definition) is 5. The van der Waals surface area contributed by atoms with Crippen molar-refractivity contribution in [3.8, 4) is 6.07 Å². The Hall–Kier alpha value is -3.86. The number of amides is 3. The van der Waals surface area contributed by atoms with Crippen LogP contribution in [0.5, 0.6) is 0 Å². The summed E-state index contributed by atoms with van der Waals surface area (Å²) in [6.45, 7) is 1.29. The van der Waals surface area contributed by atoms with Crippen LogP contribution >= 0.6 is 0 Å². The fourth-order valence-corrected chi connectivity index (χ4v) is 2.36. The van der Waals surface area contributed by atoms with Crippen LogP contribution in [0.4, 0.5) is 16.2 Å². The van der Waals surface area contributed by atoms with Gasteiger partial charge in [0.05, 0.1) is 24.4 Å². The van der Waals surface area contributed by atoms with Crippen molar-refractivity contribution < 1.29 is 19.1 Å². The van der Waals surface area contributed by atoms with Gasteiger partial charge in [-0.15, -0.1) is 0 Å². The molecular formula is C20H20N4O4. The summed E-state index contributed by atoms with van der Waals surface area (Å²) in [5, 5.41) is 12.6. The lowest BCUT2D eigenvalue weighted by molar-refractivity contribution is -0.140. The Morgan fingerprint density at radius 1 is 1.07 bits per heavy atom. The predicted molar refractivity (Wildman–Crippen MR) is 103 cm³/mol. The molecule has 0 saturated carbocycles. The van der Waals surface area contributed by atoms with Gasteiger partial charge in [0.25, 0.3) is 0 Å². The van der Waals surface area contributed by atoms with Crippen LogP contribution in [0, 0.1) is 11.3 Å². The van der Waals surface area contributed by atoms with E-state index >= 15 is 0 Å². The summed E-state index contributed by atoms with van der Waals surface area (Å²) in [6, 6.07) is 14.6. The summed E-state index contributed by atoms with van der Waals surface area (Å²) in [4.78, 5) is 35.3. The number of methoxy groups -OCH3 is 1. The highest BCUT2D eigenvalue weighted by molar-refractivity contribution is 6.03. The van der Waals surface area contributed by atoms with Crippen molar-refractivity contribution in [2.75, 3.05) is 17.4 Å². The molecule has 0 atom stereocenters. The van der Waals surface area contributed by atoms with Crippen molar-refractivity contribution in [1.82, 2.24) is 5.43 Å². The van der Waals surface area contributed by atoms with E-state index < -0.39 is 11.9 Å². The minimum Gasteiger partial charge on any atom is -0.469 e. The summed E-state index contributed by atoms with van der Waals surface area (Å²) in [6.07, 6.45) is 0.807. The standard InChI is InChI=1S/C20H20N4O4/c1-14(25)23-24(18-10-5-16(13-21)6-11-18)20(27)22-17-8-3-15(4-9-17)7-12-19(26)28-2/h3-6,8-11H,7,12H2,1-2H3,(H,22,27)(H,23,25). The molecule has 28 heavy (non-hydrogen) atoms. The van der Waals surface area contributed by atoms with Gasteiger partial charge in [0.15, 0.2) is 0 Å². The van der Waals surface area contributed by atoms with Crippen molar-refractivity contribution in [1.29, 1.82) is 5.26 Å². The zero-order valence-corrected chi connectivity index (χ0v) is 15.6. The molecule has 0 unspecified atom stereocenters. The molecule has 0 spiro atoms. The third-order valence-electron chi connectivity index (χ3n) is 3.78. The molecule has 0 fully saturated rings. The molecule has 0 aliphatic heterocycles. The quantitative estimate of drug-likeness (QED) is 0.612. The predicted octanol–water partition coefficient (Wildman–Crippen LogP) is 2.75. The first-order chi connectivity index (χ1) is 13.4. The van der Waals surface area contributed by atoms with Crippen LogP contribution in [0.25, 0.3) is 0 Å². The molecule has 2 N–H and O–H groups in total. The molecule has 0 aliphatic rings. The average molecular weight is 380 g/mol. The Morgan fingerprint density at radius 3 is 2.25 bits per heavy atom. The highest BCUT2D eigenvalue weighted by Crippen LogP contribution is 2.17. The van der Waals surface area contributed by atoms with Crippen LogP contribution in [0.3, 0.4) is 0 Å². The van der Waals surface area contributed by atoms with Gasteiger partial charge < -0.3 is 10.1 Å². The van der Waals surface area contributed by atoms with Crippen LogP contribution < -0.4 is 15.8 Å². The molecule has 3 amide bonds. The zero-order chi connectivity index (χ0) is 20.5. The number of nitrogens with zero attached hydrogens (tertiary/aromatic N) is 2. The monoisotopic (exact) mass is 380 g/mol. The summed E-state index contributed by atoms with van der Waals surface area (Å²) < 4.78 is 4.61. The number of carbonyl (C=O) groups is 3. The Bertz CT molecular complexity index is 886. The average Bonchev–Trinajstić information content (AvgIpc) is 2.71. The molecule has 0 aliphatic carbocycles. The first kappa shape index (κ1) is 20.5. The SMILES string of the molecule is COC(=O)CCc1ccc(NC(=O)N(NC(C)=O)c2ccc(C#N)cc2)cc1. The molecule has 0 bridgehead atoms. The van der Waals surface area contributed by atoms with Gasteiger partial charge in [0, 0.05) is 19.0 Å². The van der Waals surface area contributed by atoms with Crippen LogP contribution in [-0.2, 0) is 20.7 Å². The van der Waals surface area contributed by atoms with Gasteiger partial charge >= 0.3 is 12.0 Å². The maximum Gasteiger partial charge on any atom is 0.345 e. The van der Waals surface area contributed by atoms with E-state index in [0.29, 0.717) is 23.4 Å². The lowest BCUT2D eigenvalue weighted by atomic mass is 10.1. The number of benzene rings is 2. The Balaban J connectivity index is 2.09. The maximum atomic E-state index is 12.6. The topological polar surface area (TPSA) is 112 Å². The van der Waals surface area contributed by atoms with Crippen LogP contribution in [0.2, 0.25) is 0 Å². The summed E-state index contributed by atoms with van der Waals surface area (Å²) in [5.41, 5.74) is 4.74. The normalized spacial score (nSPS) is 9.75. The highest BCUT2D eigenvalue weighted by Gasteiger charge is 2.17. The number of anilines is 2. The second-order valence-corrected chi connectivity index (χ2v) is 5.87. The van der Waals surface area contributed by atoms with Gasteiger partial charge in [-0.2, -0.15) is 5.26 Å². The molecule has 0 heterocycles. The van der Waals surface area contributed by atoms with Gasteiger partial charge in [-0.1, -0.05) is 12.1 Å². The fraction of sp³-hybridized carbons (Fsp3) is 0.200. The fourth-order valence-electron chi connectivity index (χ4n) is 2.36. The van der Waals surface area contributed by atoms with Gasteiger partial charge in [-0.25, -0.2) is 9.80 Å². The zero-order valence-electron chi connectivity index (χ0n) is 15.6. The molecular weight excluding hydrogens is 360 g/mol. The molecule has 0 radical (unpaired) electrons. The van der Waals surface area contributed by atoms with E-state index in [4.69, 9.17) is 5.26 Å². The molecule has 144 valence electrons. The van der Waals surface area contributed by atoms with E-state index in [2.05, 4.69) is 15.5 Å². The molecule has 8 heteroatoms. The third kappa shape index (κ3) is 5.85. The number of aryl methyl sites for hydroxylation is 1. The van der Waals surface area contributed by atoms with E-state index in [-0.39, 0.29) is 12.4 Å². The molecule has 0 saturated heterocycles. The van der Waals surface area contributed by atoms with Gasteiger partial charge in [-0.05, 0) is 48.4 Å². The summed E-state index contributed by atoms with van der Waals surface area (Å²) >= 11 is 0. The first-order valence-electron chi connectivity index (χ1n) is 8.47. The maximum absolute atomic E-state index is 12.6. The molecule has 2 aromatic carbocycles. The molecule has 0 aromatic heterocycles. The smallest absolute Gasteiger partial charge is 0.345 e. The van der Waals surface area contributed by atoms with Crippen LogP contribution in [0.1, 0.15) is 24.5 Å². The van der Waals surface area contributed by atoms with Gasteiger partial charge in [0.1, 0.15) is 0 Å². The Kier molecular flexibility index (Phi) is 7.11.